The van der Waals surface area contributed by atoms with E-state index in [4.69, 9.17) is 0 Å². The van der Waals surface area contributed by atoms with Crippen molar-refractivity contribution < 1.29 is 9.53 Å². The monoisotopic (exact) mass is 182 g/mol. The van der Waals surface area contributed by atoms with E-state index in [2.05, 4.69) is 23.8 Å². The number of allylic oxidation sites excluding steroid dienone is 3. The smallest absolute Gasteiger partial charge is 0.309 e. The zero-order valence-corrected chi connectivity index (χ0v) is 8.45. The van der Waals surface area contributed by atoms with Crippen molar-refractivity contribution in [2.24, 2.45) is 0 Å². The van der Waals surface area contributed by atoms with Gasteiger partial charge in [0.05, 0.1) is 13.5 Å². The van der Waals surface area contributed by atoms with Gasteiger partial charge in [-0.05, 0) is 12.8 Å². The molecule has 0 heterocycles. The summed E-state index contributed by atoms with van der Waals surface area (Å²) in [6, 6.07) is 0. The molecular formula is C11H18O2. The average molecular weight is 182 g/mol. The molecule has 0 aromatic rings. The highest BCUT2D eigenvalue weighted by Gasteiger charge is 1.91. The molecule has 2 nitrogen and oxygen atoms in total. The van der Waals surface area contributed by atoms with Crippen molar-refractivity contribution in [1.82, 2.24) is 0 Å². The summed E-state index contributed by atoms with van der Waals surface area (Å²) in [5.41, 5.74) is 0. The lowest BCUT2D eigenvalue weighted by Gasteiger charge is -1.90. The molecule has 0 amide bonds. The van der Waals surface area contributed by atoms with Crippen molar-refractivity contribution in [2.75, 3.05) is 7.11 Å². The number of carbonyl (C=O) groups is 1. The highest BCUT2D eigenvalue weighted by Crippen LogP contribution is 1.94. The zero-order valence-electron chi connectivity index (χ0n) is 8.45. The minimum Gasteiger partial charge on any atom is -0.469 e. The second-order valence-corrected chi connectivity index (χ2v) is 2.75. The van der Waals surface area contributed by atoms with Crippen molar-refractivity contribution in [3.63, 3.8) is 0 Å². The van der Waals surface area contributed by atoms with E-state index in [1.54, 1.807) is 0 Å². The van der Waals surface area contributed by atoms with E-state index in [9.17, 15) is 4.79 Å². The van der Waals surface area contributed by atoms with Gasteiger partial charge in [-0.25, -0.2) is 0 Å². The van der Waals surface area contributed by atoms with Crippen LogP contribution in [-0.4, -0.2) is 13.1 Å². The summed E-state index contributed by atoms with van der Waals surface area (Å²) in [6.45, 7) is 2.15. The molecule has 74 valence electrons. The fourth-order valence-electron chi connectivity index (χ4n) is 0.818. The second kappa shape index (κ2) is 9.04. The second-order valence-electron chi connectivity index (χ2n) is 2.75. The Labute approximate surface area is 80.3 Å². The third-order valence-corrected chi connectivity index (χ3v) is 1.57. The predicted molar refractivity (Wildman–Crippen MR) is 54.4 cm³/mol. The Morgan fingerprint density at radius 1 is 1.23 bits per heavy atom. The van der Waals surface area contributed by atoms with Gasteiger partial charge in [0.2, 0.25) is 0 Å². The zero-order chi connectivity index (χ0) is 9.94. The molecule has 0 N–H and O–H groups in total. The van der Waals surface area contributed by atoms with Gasteiger partial charge in [-0.3, -0.25) is 4.79 Å². The SMILES string of the molecule is CCCC=CCC=CCC(=O)OC. The average Bonchev–Trinajstić information content (AvgIpc) is 2.16. The molecule has 0 saturated heterocycles. The van der Waals surface area contributed by atoms with Crippen molar-refractivity contribution in [2.45, 2.75) is 32.6 Å². The van der Waals surface area contributed by atoms with Crippen LogP contribution >= 0.6 is 0 Å². The summed E-state index contributed by atoms with van der Waals surface area (Å²) in [4.78, 5) is 10.7. The molecule has 2 heteroatoms. The number of unbranched alkanes of at least 4 members (excludes halogenated alkanes) is 1. The normalized spacial score (nSPS) is 11.2. The van der Waals surface area contributed by atoms with E-state index < -0.39 is 0 Å². The van der Waals surface area contributed by atoms with Crippen LogP contribution in [0.2, 0.25) is 0 Å². The number of ether oxygens (including phenoxy) is 1. The molecule has 0 saturated carbocycles. The van der Waals surface area contributed by atoms with Gasteiger partial charge in [-0.15, -0.1) is 0 Å². The van der Waals surface area contributed by atoms with Crippen LogP contribution in [-0.2, 0) is 9.53 Å². The number of rotatable bonds is 6. The van der Waals surface area contributed by atoms with Gasteiger partial charge in [0.15, 0.2) is 0 Å². The summed E-state index contributed by atoms with van der Waals surface area (Å²) in [7, 11) is 1.40. The molecule has 0 rings (SSSR count). The Hall–Kier alpha value is -1.05. The van der Waals surface area contributed by atoms with Gasteiger partial charge in [-0.1, -0.05) is 37.6 Å². The maximum absolute atomic E-state index is 10.7. The van der Waals surface area contributed by atoms with Crippen LogP contribution in [0.5, 0.6) is 0 Å². The first kappa shape index (κ1) is 11.9. The summed E-state index contributed by atoms with van der Waals surface area (Å²) in [6.07, 6.45) is 11.7. The van der Waals surface area contributed by atoms with Gasteiger partial charge >= 0.3 is 5.97 Å². The number of carbonyl (C=O) groups excluding carboxylic acids is 1. The third-order valence-electron chi connectivity index (χ3n) is 1.57. The molecule has 0 spiro atoms. The highest BCUT2D eigenvalue weighted by molar-refractivity contribution is 5.70. The Balaban J connectivity index is 3.36. The molecular weight excluding hydrogens is 164 g/mol. The van der Waals surface area contributed by atoms with Crippen LogP contribution in [0.15, 0.2) is 24.3 Å². The number of methoxy groups -OCH3 is 1. The minimum absolute atomic E-state index is 0.186. The quantitative estimate of drug-likeness (QED) is 0.466. The van der Waals surface area contributed by atoms with Crippen molar-refractivity contribution in [1.29, 1.82) is 0 Å². The number of esters is 1. The van der Waals surface area contributed by atoms with Crippen LogP contribution in [0, 0.1) is 0 Å². The van der Waals surface area contributed by atoms with Gasteiger partial charge in [0.1, 0.15) is 0 Å². The van der Waals surface area contributed by atoms with Crippen LogP contribution in [0.4, 0.5) is 0 Å². The Morgan fingerprint density at radius 2 is 1.92 bits per heavy atom. The third kappa shape index (κ3) is 8.86. The molecule has 0 aliphatic heterocycles. The van der Waals surface area contributed by atoms with Gasteiger partial charge < -0.3 is 4.74 Å². The predicted octanol–water partition coefficient (Wildman–Crippen LogP) is 2.85. The Kier molecular flexibility index (Phi) is 8.31. The van der Waals surface area contributed by atoms with Crippen molar-refractivity contribution >= 4 is 5.97 Å². The lowest BCUT2D eigenvalue weighted by molar-refractivity contribution is -0.139. The van der Waals surface area contributed by atoms with E-state index >= 15 is 0 Å². The number of hydrogen-bond acceptors (Lipinski definition) is 2. The first-order valence-corrected chi connectivity index (χ1v) is 4.68. The van der Waals surface area contributed by atoms with Gasteiger partial charge in [-0.2, -0.15) is 0 Å². The van der Waals surface area contributed by atoms with E-state index in [0.717, 1.165) is 12.8 Å². The molecule has 0 aliphatic rings. The molecule has 0 aliphatic carbocycles. The Bertz CT molecular complexity index is 181. The lowest BCUT2D eigenvalue weighted by Crippen LogP contribution is -1.96. The molecule has 0 atom stereocenters. The fourth-order valence-corrected chi connectivity index (χ4v) is 0.818. The van der Waals surface area contributed by atoms with Crippen molar-refractivity contribution in [3.8, 4) is 0 Å². The minimum atomic E-state index is -0.186. The highest BCUT2D eigenvalue weighted by atomic mass is 16.5. The van der Waals surface area contributed by atoms with Crippen LogP contribution < -0.4 is 0 Å². The van der Waals surface area contributed by atoms with E-state index in [1.165, 1.54) is 13.5 Å². The molecule has 13 heavy (non-hydrogen) atoms. The van der Waals surface area contributed by atoms with Gasteiger partial charge in [0.25, 0.3) is 0 Å². The van der Waals surface area contributed by atoms with E-state index in [1.807, 2.05) is 12.2 Å². The summed E-state index contributed by atoms with van der Waals surface area (Å²) in [5.74, 6) is -0.186. The number of hydrogen-bond donors (Lipinski definition) is 0. The largest absolute Gasteiger partial charge is 0.469 e. The summed E-state index contributed by atoms with van der Waals surface area (Å²) < 4.78 is 4.49. The lowest BCUT2D eigenvalue weighted by atomic mass is 10.2. The first-order chi connectivity index (χ1) is 6.31. The molecule has 0 aromatic heterocycles. The van der Waals surface area contributed by atoms with E-state index in [0.29, 0.717) is 6.42 Å². The maximum Gasteiger partial charge on any atom is 0.309 e. The summed E-state index contributed by atoms with van der Waals surface area (Å²) >= 11 is 0. The fraction of sp³-hybridized carbons (Fsp3) is 0.545. The molecule has 0 bridgehead atoms. The van der Waals surface area contributed by atoms with Crippen molar-refractivity contribution in [3.05, 3.63) is 24.3 Å². The molecule has 0 radical (unpaired) electrons. The maximum atomic E-state index is 10.7. The first-order valence-electron chi connectivity index (χ1n) is 4.68. The molecule has 0 fully saturated rings. The van der Waals surface area contributed by atoms with E-state index in [-0.39, 0.29) is 5.97 Å². The standard InChI is InChI=1S/C11H18O2/c1-3-4-5-6-7-8-9-10-11(12)13-2/h5-6,8-9H,3-4,7,10H2,1-2H3. The van der Waals surface area contributed by atoms with Crippen LogP contribution in [0.1, 0.15) is 32.6 Å². The van der Waals surface area contributed by atoms with Crippen LogP contribution in [0.25, 0.3) is 0 Å². The van der Waals surface area contributed by atoms with Crippen LogP contribution in [0.3, 0.4) is 0 Å². The summed E-state index contributed by atoms with van der Waals surface area (Å²) in [5, 5.41) is 0. The molecule has 0 unspecified atom stereocenters. The topological polar surface area (TPSA) is 26.3 Å². The molecule has 0 aromatic carbocycles. The van der Waals surface area contributed by atoms with Gasteiger partial charge in [0, 0.05) is 0 Å². The Morgan fingerprint density at radius 3 is 2.54 bits per heavy atom.